The lowest BCUT2D eigenvalue weighted by Gasteiger charge is -2.06. The number of nitrogens with two attached hydrogens (primary N) is 2. The van der Waals surface area contributed by atoms with Crippen molar-refractivity contribution >= 4 is 22.8 Å². The van der Waals surface area contributed by atoms with Crippen LogP contribution in [0.15, 0.2) is 0 Å². The number of rotatable bonds is 5. The number of nitrogens with one attached hydrogen (secondary N) is 2. The molecule has 6 N–H and O–H groups in total. The first-order valence-electron chi connectivity index (χ1n) is 3.57. The molecule has 12 heavy (non-hydrogen) atoms. The SMILES string of the molecule is N=C(N)NCCCC(N)C(=O)Cl. The van der Waals surface area contributed by atoms with Gasteiger partial charge in [0.2, 0.25) is 5.24 Å². The summed E-state index contributed by atoms with van der Waals surface area (Å²) in [6.45, 7) is 0.535. The Kier molecular flexibility index (Phi) is 5.40. The van der Waals surface area contributed by atoms with Crippen LogP contribution in [0.5, 0.6) is 0 Å². The van der Waals surface area contributed by atoms with Crippen molar-refractivity contribution in [3.63, 3.8) is 0 Å². The van der Waals surface area contributed by atoms with E-state index in [0.717, 1.165) is 0 Å². The van der Waals surface area contributed by atoms with Crippen LogP contribution in [0.25, 0.3) is 0 Å². The van der Waals surface area contributed by atoms with E-state index < -0.39 is 11.3 Å². The third-order valence-electron chi connectivity index (χ3n) is 1.30. The summed E-state index contributed by atoms with van der Waals surface area (Å²) >= 11 is 5.12. The highest BCUT2D eigenvalue weighted by atomic mass is 35.5. The first kappa shape index (κ1) is 11.2. The van der Waals surface area contributed by atoms with E-state index >= 15 is 0 Å². The lowest BCUT2D eigenvalue weighted by atomic mass is 10.2. The first-order chi connectivity index (χ1) is 5.54. The van der Waals surface area contributed by atoms with Gasteiger partial charge in [0.15, 0.2) is 5.96 Å². The number of hydrogen-bond donors (Lipinski definition) is 4. The first-order valence-corrected chi connectivity index (χ1v) is 3.94. The minimum atomic E-state index is -0.611. The molecule has 5 nitrogen and oxygen atoms in total. The van der Waals surface area contributed by atoms with E-state index in [-0.39, 0.29) is 5.96 Å². The largest absolute Gasteiger partial charge is 0.370 e. The summed E-state index contributed by atoms with van der Waals surface area (Å²) < 4.78 is 0. The maximum atomic E-state index is 10.4. The van der Waals surface area contributed by atoms with Gasteiger partial charge in [-0.3, -0.25) is 10.2 Å². The molecule has 0 rings (SSSR count). The van der Waals surface area contributed by atoms with Crippen LogP contribution in [0.4, 0.5) is 0 Å². The Hall–Kier alpha value is -0.810. The molecule has 0 aliphatic carbocycles. The minimum absolute atomic E-state index is 0.0826. The minimum Gasteiger partial charge on any atom is -0.370 e. The fourth-order valence-electron chi connectivity index (χ4n) is 0.659. The third kappa shape index (κ3) is 5.94. The second-order valence-electron chi connectivity index (χ2n) is 2.39. The second-order valence-corrected chi connectivity index (χ2v) is 2.77. The Balaban J connectivity index is 3.31. The number of guanidine groups is 1. The Morgan fingerprint density at radius 2 is 2.25 bits per heavy atom. The van der Waals surface area contributed by atoms with E-state index in [0.29, 0.717) is 19.4 Å². The normalized spacial score (nSPS) is 12.2. The van der Waals surface area contributed by atoms with Crippen LogP contribution >= 0.6 is 11.6 Å². The molecule has 0 saturated carbocycles. The zero-order chi connectivity index (χ0) is 9.56. The van der Waals surface area contributed by atoms with E-state index in [2.05, 4.69) is 5.32 Å². The highest BCUT2D eigenvalue weighted by Crippen LogP contribution is 1.96. The fourth-order valence-corrected chi connectivity index (χ4v) is 0.768. The van der Waals surface area contributed by atoms with Crippen molar-refractivity contribution in [2.45, 2.75) is 18.9 Å². The van der Waals surface area contributed by atoms with Gasteiger partial charge in [-0.25, -0.2) is 0 Å². The molecule has 6 heteroatoms. The maximum Gasteiger partial charge on any atom is 0.238 e. The van der Waals surface area contributed by atoms with Gasteiger partial charge in [0.1, 0.15) is 0 Å². The molecular weight excluding hydrogens is 180 g/mol. The molecule has 0 aromatic rings. The molecule has 0 heterocycles. The average Bonchev–Trinajstić information content (AvgIpc) is 1.97. The van der Waals surface area contributed by atoms with Crippen LogP contribution in [0.1, 0.15) is 12.8 Å². The van der Waals surface area contributed by atoms with Crippen molar-refractivity contribution in [1.82, 2.24) is 5.32 Å². The third-order valence-corrected chi connectivity index (χ3v) is 1.58. The average molecular weight is 193 g/mol. The van der Waals surface area contributed by atoms with Crippen molar-refractivity contribution in [2.75, 3.05) is 6.54 Å². The Bertz CT molecular complexity index is 173. The van der Waals surface area contributed by atoms with Crippen LogP contribution in [0.3, 0.4) is 0 Å². The standard InChI is InChI=1S/C6H13ClN4O/c7-5(12)4(8)2-1-3-11-6(9)10/h4H,1-3,8H2,(H4,9,10,11). The number of carbonyl (C=O) groups excluding carboxylic acids is 1. The summed E-state index contributed by atoms with van der Waals surface area (Å²) in [6.07, 6.45) is 1.17. The highest BCUT2D eigenvalue weighted by molar-refractivity contribution is 6.64. The predicted octanol–water partition coefficient (Wildman–Crippen LogP) is -0.658. The van der Waals surface area contributed by atoms with Gasteiger partial charge >= 0.3 is 0 Å². The predicted molar refractivity (Wildman–Crippen MR) is 48.0 cm³/mol. The van der Waals surface area contributed by atoms with E-state index in [1.54, 1.807) is 0 Å². The zero-order valence-corrected chi connectivity index (χ0v) is 7.40. The van der Waals surface area contributed by atoms with Crippen molar-refractivity contribution in [3.05, 3.63) is 0 Å². The van der Waals surface area contributed by atoms with E-state index in [9.17, 15) is 4.79 Å². The molecule has 1 unspecified atom stereocenters. The lowest BCUT2D eigenvalue weighted by molar-refractivity contribution is -0.112. The molecule has 0 aliphatic rings. The number of halogens is 1. The van der Waals surface area contributed by atoms with Gasteiger partial charge in [0.25, 0.3) is 0 Å². The molecule has 70 valence electrons. The maximum absolute atomic E-state index is 10.4. The second kappa shape index (κ2) is 5.79. The Morgan fingerprint density at radius 3 is 2.67 bits per heavy atom. The van der Waals surface area contributed by atoms with Crippen molar-refractivity contribution in [3.8, 4) is 0 Å². The van der Waals surface area contributed by atoms with E-state index in [1.807, 2.05) is 0 Å². The summed E-state index contributed by atoms with van der Waals surface area (Å²) in [5, 5.41) is 8.87. The van der Waals surface area contributed by atoms with Crippen molar-refractivity contribution in [1.29, 1.82) is 5.41 Å². The summed E-state index contributed by atoms with van der Waals surface area (Å²) in [6, 6.07) is -0.611. The van der Waals surface area contributed by atoms with Crippen molar-refractivity contribution < 1.29 is 4.79 Å². The molecular formula is C6H13ClN4O. The summed E-state index contributed by atoms with van der Waals surface area (Å²) in [7, 11) is 0. The zero-order valence-electron chi connectivity index (χ0n) is 6.64. The van der Waals surface area contributed by atoms with Crippen LogP contribution in [0, 0.1) is 5.41 Å². The number of hydrogen-bond acceptors (Lipinski definition) is 3. The molecule has 0 fully saturated rings. The van der Waals surface area contributed by atoms with Crippen LogP contribution < -0.4 is 16.8 Å². The van der Waals surface area contributed by atoms with E-state index in [1.165, 1.54) is 0 Å². The van der Waals surface area contributed by atoms with E-state index in [4.69, 9.17) is 28.5 Å². The smallest absolute Gasteiger partial charge is 0.238 e. The topological polar surface area (TPSA) is 105 Å². The monoisotopic (exact) mass is 192 g/mol. The summed E-state index contributed by atoms with van der Waals surface area (Å²) in [5.41, 5.74) is 10.4. The highest BCUT2D eigenvalue weighted by Gasteiger charge is 2.08. The molecule has 0 aliphatic heterocycles. The van der Waals surface area contributed by atoms with Gasteiger partial charge in [-0.05, 0) is 24.4 Å². The molecule has 1 atom stereocenters. The van der Waals surface area contributed by atoms with Gasteiger partial charge in [0.05, 0.1) is 6.04 Å². The fraction of sp³-hybridized carbons (Fsp3) is 0.667. The van der Waals surface area contributed by atoms with Crippen LogP contribution in [-0.2, 0) is 4.79 Å². The molecule has 0 bridgehead atoms. The Morgan fingerprint density at radius 1 is 1.67 bits per heavy atom. The molecule has 0 amide bonds. The Labute approximate surface area is 75.9 Å². The van der Waals surface area contributed by atoms with Gasteiger partial charge in [-0.1, -0.05) is 0 Å². The molecule has 0 aromatic heterocycles. The molecule has 0 aromatic carbocycles. The van der Waals surface area contributed by atoms with Gasteiger partial charge in [-0.15, -0.1) is 0 Å². The molecule has 0 saturated heterocycles. The van der Waals surface area contributed by atoms with Crippen LogP contribution in [-0.4, -0.2) is 23.8 Å². The quantitative estimate of drug-likeness (QED) is 0.201. The molecule has 0 radical (unpaired) electrons. The van der Waals surface area contributed by atoms with Crippen molar-refractivity contribution in [2.24, 2.45) is 11.5 Å². The number of carbonyl (C=O) groups is 1. The van der Waals surface area contributed by atoms with Gasteiger partial charge in [0, 0.05) is 6.54 Å². The molecule has 0 spiro atoms. The lowest BCUT2D eigenvalue weighted by Crippen LogP contribution is -2.33. The van der Waals surface area contributed by atoms with Gasteiger partial charge < -0.3 is 16.8 Å². The summed E-state index contributed by atoms with van der Waals surface area (Å²) in [5.74, 6) is -0.0826. The van der Waals surface area contributed by atoms with Gasteiger partial charge in [-0.2, -0.15) is 0 Å². The van der Waals surface area contributed by atoms with Crippen LogP contribution in [0.2, 0.25) is 0 Å². The summed E-state index contributed by atoms with van der Waals surface area (Å²) in [4.78, 5) is 10.4.